The molecule has 1 aromatic carbocycles. The first-order valence-corrected chi connectivity index (χ1v) is 5.81. The highest BCUT2D eigenvalue weighted by Crippen LogP contribution is 2.32. The summed E-state index contributed by atoms with van der Waals surface area (Å²) in [6, 6.07) is 5.28. The minimum atomic E-state index is 0.650. The van der Waals surface area contributed by atoms with Crippen LogP contribution in [-0.4, -0.2) is 19.7 Å². The Morgan fingerprint density at radius 2 is 2.13 bits per heavy atom. The van der Waals surface area contributed by atoms with Crippen molar-refractivity contribution in [1.82, 2.24) is 5.32 Å². The van der Waals surface area contributed by atoms with E-state index in [0.717, 1.165) is 25.2 Å². The largest absolute Gasteiger partial charge is 0.493 e. The van der Waals surface area contributed by atoms with Crippen LogP contribution >= 0.6 is 0 Å². The van der Waals surface area contributed by atoms with Crippen LogP contribution in [0.3, 0.4) is 0 Å². The second kappa shape index (κ2) is 3.53. The molecule has 1 unspecified atom stereocenters. The van der Waals surface area contributed by atoms with Crippen molar-refractivity contribution in [3.63, 3.8) is 0 Å². The van der Waals surface area contributed by atoms with Gasteiger partial charge in [0.05, 0.1) is 6.61 Å². The molecule has 0 amide bonds. The minimum Gasteiger partial charge on any atom is -0.493 e. The maximum absolute atomic E-state index is 5.61. The molecular formula is C13H17NO. The number of likely N-dealkylation sites (N-methyl/N-ethyl adjacent to an activating group) is 1. The van der Waals surface area contributed by atoms with Gasteiger partial charge in [-0.1, -0.05) is 6.07 Å². The third kappa shape index (κ3) is 1.53. The van der Waals surface area contributed by atoms with Crippen molar-refractivity contribution < 1.29 is 4.74 Å². The van der Waals surface area contributed by atoms with E-state index < -0.39 is 0 Å². The monoisotopic (exact) mass is 203 g/mol. The van der Waals surface area contributed by atoms with Gasteiger partial charge in [0.15, 0.2) is 0 Å². The van der Waals surface area contributed by atoms with Crippen molar-refractivity contribution in [2.75, 3.05) is 13.7 Å². The van der Waals surface area contributed by atoms with Crippen molar-refractivity contribution in [3.05, 3.63) is 28.8 Å². The number of nitrogens with one attached hydrogen (secondary N) is 1. The van der Waals surface area contributed by atoms with Crippen LogP contribution in [0.15, 0.2) is 12.1 Å². The van der Waals surface area contributed by atoms with Crippen LogP contribution in [-0.2, 0) is 19.3 Å². The number of fused-ring (bicyclic) bond motifs is 2. The van der Waals surface area contributed by atoms with Crippen molar-refractivity contribution in [3.8, 4) is 5.75 Å². The lowest BCUT2D eigenvalue weighted by Gasteiger charge is -2.24. The Hall–Kier alpha value is -1.02. The average Bonchev–Trinajstić information content (AvgIpc) is 2.72. The van der Waals surface area contributed by atoms with E-state index in [2.05, 4.69) is 24.5 Å². The first kappa shape index (κ1) is 9.22. The van der Waals surface area contributed by atoms with E-state index in [0.29, 0.717) is 6.04 Å². The molecular weight excluding hydrogens is 186 g/mol. The van der Waals surface area contributed by atoms with E-state index in [-0.39, 0.29) is 0 Å². The third-order valence-electron chi connectivity index (χ3n) is 3.65. The highest BCUT2D eigenvalue weighted by atomic mass is 16.5. The second-order valence-electron chi connectivity index (χ2n) is 4.56. The molecule has 1 atom stereocenters. The van der Waals surface area contributed by atoms with E-state index in [1.54, 1.807) is 5.56 Å². The van der Waals surface area contributed by atoms with Gasteiger partial charge < -0.3 is 10.1 Å². The Morgan fingerprint density at radius 1 is 1.20 bits per heavy atom. The molecule has 1 heterocycles. The Balaban J connectivity index is 1.97. The normalized spacial score (nSPS) is 23.1. The van der Waals surface area contributed by atoms with Gasteiger partial charge in [0.2, 0.25) is 0 Å². The summed E-state index contributed by atoms with van der Waals surface area (Å²) >= 11 is 0. The van der Waals surface area contributed by atoms with Crippen LogP contribution in [0, 0.1) is 0 Å². The molecule has 15 heavy (non-hydrogen) atoms. The van der Waals surface area contributed by atoms with Crippen LogP contribution < -0.4 is 10.1 Å². The molecule has 0 bridgehead atoms. The van der Waals surface area contributed by atoms with E-state index in [1.807, 2.05) is 0 Å². The maximum Gasteiger partial charge on any atom is 0.122 e. The van der Waals surface area contributed by atoms with Crippen molar-refractivity contribution in [2.45, 2.75) is 31.7 Å². The highest BCUT2D eigenvalue weighted by Gasteiger charge is 2.21. The van der Waals surface area contributed by atoms with Gasteiger partial charge in [0.25, 0.3) is 0 Å². The molecule has 0 aromatic heterocycles. The lowest BCUT2D eigenvalue weighted by Crippen LogP contribution is -2.31. The van der Waals surface area contributed by atoms with Gasteiger partial charge in [-0.05, 0) is 49.1 Å². The van der Waals surface area contributed by atoms with E-state index >= 15 is 0 Å². The first-order valence-electron chi connectivity index (χ1n) is 5.81. The standard InChI is InChI=1S/C13H17NO/c1-14-12-3-2-9-6-10-4-5-15-13(10)8-11(9)7-12/h6,8,12,14H,2-5,7H2,1H3. The minimum absolute atomic E-state index is 0.650. The maximum atomic E-state index is 5.61. The van der Waals surface area contributed by atoms with Gasteiger partial charge in [0.1, 0.15) is 5.75 Å². The molecule has 0 radical (unpaired) electrons. The fourth-order valence-electron chi connectivity index (χ4n) is 2.68. The number of hydrogen-bond donors (Lipinski definition) is 1. The summed E-state index contributed by atoms with van der Waals surface area (Å²) in [6.07, 6.45) is 4.73. The zero-order chi connectivity index (χ0) is 10.3. The van der Waals surface area contributed by atoms with Crippen LogP contribution in [0.2, 0.25) is 0 Å². The predicted octanol–water partition coefficient (Wildman–Crippen LogP) is 1.70. The van der Waals surface area contributed by atoms with Gasteiger partial charge in [-0.25, -0.2) is 0 Å². The summed E-state index contributed by atoms with van der Waals surface area (Å²) < 4.78 is 5.61. The number of aryl methyl sites for hydroxylation is 1. The summed E-state index contributed by atoms with van der Waals surface area (Å²) in [4.78, 5) is 0. The molecule has 1 aromatic rings. The fourth-order valence-corrected chi connectivity index (χ4v) is 2.68. The van der Waals surface area contributed by atoms with Crippen molar-refractivity contribution in [1.29, 1.82) is 0 Å². The topological polar surface area (TPSA) is 21.3 Å². The lowest BCUT2D eigenvalue weighted by atomic mass is 9.87. The smallest absolute Gasteiger partial charge is 0.122 e. The zero-order valence-electron chi connectivity index (χ0n) is 9.18. The Morgan fingerprint density at radius 3 is 3.00 bits per heavy atom. The van der Waals surface area contributed by atoms with E-state index in [4.69, 9.17) is 4.74 Å². The number of rotatable bonds is 1. The second-order valence-corrected chi connectivity index (χ2v) is 4.56. The zero-order valence-corrected chi connectivity index (χ0v) is 9.18. The first-order chi connectivity index (χ1) is 7.36. The Labute approximate surface area is 90.6 Å². The highest BCUT2D eigenvalue weighted by molar-refractivity contribution is 5.46. The molecule has 1 aliphatic heterocycles. The van der Waals surface area contributed by atoms with Crippen molar-refractivity contribution >= 4 is 0 Å². The molecule has 1 aliphatic carbocycles. The Kier molecular flexibility index (Phi) is 2.17. The predicted molar refractivity (Wildman–Crippen MR) is 60.5 cm³/mol. The van der Waals surface area contributed by atoms with Crippen LogP contribution in [0.4, 0.5) is 0 Å². The molecule has 80 valence electrons. The summed E-state index contributed by atoms with van der Waals surface area (Å²) in [7, 11) is 2.06. The van der Waals surface area contributed by atoms with Gasteiger partial charge in [0, 0.05) is 12.5 Å². The molecule has 2 heteroatoms. The average molecular weight is 203 g/mol. The number of benzene rings is 1. The van der Waals surface area contributed by atoms with Gasteiger partial charge in [-0.3, -0.25) is 0 Å². The van der Waals surface area contributed by atoms with Gasteiger partial charge in [-0.15, -0.1) is 0 Å². The van der Waals surface area contributed by atoms with Crippen LogP contribution in [0.1, 0.15) is 23.1 Å². The summed E-state index contributed by atoms with van der Waals surface area (Å²) in [5.41, 5.74) is 4.45. The van der Waals surface area contributed by atoms with E-state index in [1.165, 1.54) is 24.0 Å². The SMILES string of the molecule is CNC1CCc2cc3c(cc2C1)OCC3. The molecule has 2 aliphatic rings. The van der Waals surface area contributed by atoms with Crippen molar-refractivity contribution in [2.24, 2.45) is 0 Å². The van der Waals surface area contributed by atoms with Crippen LogP contribution in [0.5, 0.6) is 5.75 Å². The van der Waals surface area contributed by atoms with Gasteiger partial charge in [-0.2, -0.15) is 0 Å². The quantitative estimate of drug-likeness (QED) is 0.750. The summed E-state index contributed by atoms with van der Waals surface area (Å²) in [5, 5.41) is 3.37. The van der Waals surface area contributed by atoms with Gasteiger partial charge >= 0.3 is 0 Å². The molecule has 1 N–H and O–H groups in total. The summed E-state index contributed by atoms with van der Waals surface area (Å²) in [6.45, 7) is 0.869. The number of ether oxygens (including phenoxy) is 1. The number of hydrogen-bond acceptors (Lipinski definition) is 2. The molecule has 0 fully saturated rings. The fraction of sp³-hybridized carbons (Fsp3) is 0.538. The summed E-state index contributed by atoms with van der Waals surface area (Å²) in [5.74, 6) is 1.13. The third-order valence-corrected chi connectivity index (χ3v) is 3.65. The van der Waals surface area contributed by atoms with Crippen LogP contribution in [0.25, 0.3) is 0 Å². The lowest BCUT2D eigenvalue weighted by molar-refractivity contribution is 0.356. The molecule has 0 saturated heterocycles. The molecule has 2 nitrogen and oxygen atoms in total. The molecule has 0 saturated carbocycles. The molecule has 3 rings (SSSR count). The Bertz CT molecular complexity index is 386. The molecule has 0 spiro atoms. The van der Waals surface area contributed by atoms with E-state index in [9.17, 15) is 0 Å².